The zero-order chi connectivity index (χ0) is 13.0. The Balaban J connectivity index is 1.97. The van der Waals surface area contributed by atoms with Gasteiger partial charge in [-0.05, 0) is 32.4 Å². The molecule has 1 N–H and O–H groups in total. The lowest BCUT2D eigenvalue weighted by molar-refractivity contribution is 0.473. The monoisotopic (exact) mass is 245 g/mol. The molecule has 96 valence electrons. The number of hydrogen-bond acceptors (Lipinski definition) is 4. The van der Waals surface area contributed by atoms with Crippen LogP contribution in [0, 0.1) is 0 Å². The fourth-order valence-electron chi connectivity index (χ4n) is 1.83. The van der Waals surface area contributed by atoms with E-state index < -0.39 is 0 Å². The van der Waals surface area contributed by atoms with Crippen molar-refractivity contribution in [3.63, 3.8) is 0 Å². The molecule has 0 aliphatic rings. The second kappa shape index (κ2) is 5.73. The molecule has 2 aromatic rings. The molecule has 0 aromatic carbocycles. The van der Waals surface area contributed by atoms with Gasteiger partial charge in [0.1, 0.15) is 12.2 Å². The van der Waals surface area contributed by atoms with Crippen LogP contribution in [0.15, 0.2) is 30.9 Å². The van der Waals surface area contributed by atoms with E-state index in [1.165, 1.54) is 5.56 Å². The Bertz CT molecular complexity index is 477. The minimum absolute atomic E-state index is 0.246. The maximum absolute atomic E-state index is 4.28. The van der Waals surface area contributed by atoms with Crippen LogP contribution in [-0.2, 0) is 6.54 Å². The van der Waals surface area contributed by atoms with Gasteiger partial charge in [-0.2, -0.15) is 5.10 Å². The Morgan fingerprint density at radius 3 is 2.83 bits per heavy atom. The first-order valence-electron chi connectivity index (χ1n) is 6.20. The summed E-state index contributed by atoms with van der Waals surface area (Å²) in [5.41, 5.74) is 1.17. The van der Waals surface area contributed by atoms with Gasteiger partial charge in [0.15, 0.2) is 0 Å². The van der Waals surface area contributed by atoms with Gasteiger partial charge in [-0.1, -0.05) is 6.07 Å². The van der Waals surface area contributed by atoms with Crippen LogP contribution in [0.3, 0.4) is 0 Å². The molecule has 5 heteroatoms. The molecule has 0 saturated carbocycles. The maximum atomic E-state index is 4.28. The van der Waals surface area contributed by atoms with Gasteiger partial charge >= 0.3 is 0 Å². The van der Waals surface area contributed by atoms with E-state index in [-0.39, 0.29) is 6.04 Å². The summed E-state index contributed by atoms with van der Waals surface area (Å²) in [7, 11) is 0. The lowest BCUT2D eigenvalue weighted by Gasteiger charge is -2.15. The zero-order valence-corrected chi connectivity index (χ0v) is 11.0. The van der Waals surface area contributed by atoms with E-state index in [4.69, 9.17) is 0 Å². The van der Waals surface area contributed by atoms with Gasteiger partial charge in [0.2, 0.25) is 0 Å². The number of hydrogen-bond donors (Lipinski definition) is 1. The van der Waals surface area contributed by atoms with Gasteiger partial charge in [-0.3, -0.25) is 4.98 Å². The van der Waals surface area contributed by atoms with Crippen molar-refractivity contribution in [2.45, 2.75) is 39.4 Å². The van der Waals surface area contributed by atoms with E-state index >= 15 is 0 Å². The predicted octanol–water partition coefficient (Wildman–Crippen LogP) is 2.10. The highest BCUT2D eigenvalue weighted by Gasteiger charge is 2.10. The average molecular weight is 245 g/mol. The van der Waals surface area contributed by atoms with E-state index in [0.717, 1.165) is 5.82 Å². The summed E-state index contributed by atoms with van der Waals surface area (Å²) < 4.78 is 1.93. The molecule has 0 bridgehead atoms. The maximum Gasteiger partial charge on any atom is 0.141 e. The van der Waals surface area contributed by atoms with E-state index in [9.17, 15) is 0 Å². The van der Waals surface area contributed by atoms with E-state index in [2.05, 4.69) is 47.2 Å². The number of aromatic nitrogens is 4. The molecule has 0 radical (unpaired) electrons. The quantitative estimate of drug-likeness (QED) is 0.876. The first kappa shape index (κ1) is 12.7. The van der Waals surface area contributed by atoms with Crippen LogP contribution in [-0.4, -0.2) is 19.7 Å². The number of nitrogens with one attached hydrogen (secondary N) is 1. The first-order valence-corrected chi connectivity index (χ1v) is 6.20. The summed E-state index contributed by atoms with van der Waals surface area (Å²) in [6.45, 7) is 7.02. The third-order valence-corrected chi connectivity index (χ3v) is 2.89. The Morgan fingerprint density at radius 2 is 2.17 bits per heavy atom. The van der Waals surface area contributed by atoms with Crippen molar-refractivity contribution in [3.05, 3.63) is 42.2 Å². The SMILES string of the molecule is CC(C)n1ncnc1CN[C@@H](C)c1cccnc1. The molecule has 2 heterocycles. The van der Waals surface area contributed by atoms with Crippen LogP contribution in [0.5, 0.6) is 0 Å². The second-order valence-electron chi connectivity index (χ2n) is 4.60. The largest absolute Gasteiger partial charge is 0.303 e. The van der Waals surface area contributed by atoms with Crippen LogP contribution in [0.2, 0.25) is 0 Å². The topological polar surface area (TPSA) is 55.6 Å². The molecule has 0 amide bonds. The predicted molar refractivity (Wildman–Crippen MR) is 69.9 cm³/mol. The molecule has 0 fully saturated rings. The summed E-state index contributed by atoms with van der Waals surface area (Å²) in [4.78, 5) is 8.40. The Hall–Kier alpha value is -1.75. The van der Waals surface area contributed by atoms with Crippen LogP contribution >= 0.6 is 0 Å². The van der Waals surface area contributed by atoms with Gasteiger partial charge in [0, 0.05) is 24.5 Å². The molecule has 0 saturated heterocycles. The van der Waals surface area contributed by atoms with Crippen LogP contribution in [0.4, 0.5) is 0 Å². The third kappa shape index (κ3) is 2.92. The second-order valence-corrected chi connectivity index (χ2v) is 4.60. The number of nitrogens with zero attached hydrogens (tertiary/aromatic N) is 4. The molecule has 1 atom stereocenters. The highest BCUT2D eigenvalue weighted by molar-refractivity contribution is 5.12. The van der Waals surface area contributed by atoms with E-state index in [1.54, 1.807) is 12.5 Å². The van der Waals surface area contributed by atoms with Crippen LogP contribution < -0.4 is 5.32 Å². The van der Waals surface area contributed by atoms with Crippen LogP contribution in [0.25, 0.3) is 0 Å². The summed E-state index contributed by atoms with van der Waals surface area (Å²) in [5, 5.41) is 7.65. The Morgan fingerprint density at radius 1 is 1.33 bits per heavy atom. The first-order chi connectivity index (χ1) is 8.68. The lowest BCUT2D eigenvalue weighted by atomic mass is 10.1. The molecular weight excluding hydrogens is 226 g/mol. The van der Waals surface area contributed by atoms with Gasteiger partial charge in [0.05, 0.1) is 6.54 Å². The van der Waals surface area contributed by atoms with Crippen molar-refractivity contribution >= 4 is 0 Å². The van der Waals surface area contributed by atoms with Crippen molar-refractivity contribution in [1.82, 2.24) is 25.1 Å². The molecule has 0 unspecified atom stereocenters. The standard InChI is InChI=1S/C13H19N5/c1-10(2)18-13(16-9-17-18)8-15-11(3)12-5-4-6-14-7-12/h4-7,9-11,15H,8H2,1-3H3/t11-/m0/s1. The third-order valence-electron chi connectivity index (χ3n) is 2.89. The fourth-order valence-corrected chi connectivity index (χ4v) is 1.83. The molecule has 0 aliphatic heterocycles. The van der Waals surface area contributed by atoms with Gasteiger partial charge in [0.25, 0.3) is 0 Å². The van der Waals surface area contributed by atoms with Crippen molar-refractivity contribution in [1.29, 1.82) is 0 Å². The Labute approximate surface area is 107 Å². The van der Waals surface area contributed by atoms with Gasteiger partial charge < -0.3 is 5.32 Å². The van der Waals surface area contributed by atoms with Crippen molar-refractivity contribution in [2.75, 3.05) is 0 Å². The van der Waals surface area contributed by atoms with E-state index in [1.807, 2.05) is 16.9 Å². The number of pyridine rings is 1. The normalized spacial score (nSPS) is 12.9. The highest BCUT2D eigenvalue weighted by Crippen LogP contribution is 2.11. The summed E-state index contributed by atoms with van der Waals surface area (Å²) in [5.74, 6) is 0.959. The minimum Gasteiger partial charge on any atom is -0.303 e. The molecule has 2 rings (SSSR count). The van der Waals surface area contributed by atoms with E-state index in [0.29, 0.717) is 12.6 Å². The highest BCUT2D eigenvalue weighted by atomic mass is 15.4. The number of rotatable bonds is 5. The molecule has 2 aromatic heterocycles. The summed E-state index contributed by atoms with van der Waals surface area (Å²) in [6.07, 6.45) is 5.27. The lowest BCUT2D eigenvalue weighted by Crippen LogP contribution is -2.21. The summed E-state index contributed by atoms with van der Waals surface area (Å²) in [6, 6.07) is 4.59. The minimum atomic E-state index is 0.246. The molecule has 0 spiro atoms. The zero-order valence-electron chi connectivity index (χ0n) is 11.0. The molecule has 5 nitrogen and oxygen atoms in total. The van der Waals surface area contributed by atoms with Crippen molar-refractivity contribution < 1.29 is 0 Å². The Kier molecular flexibility index (Phi) is 4.04. The van der Waals surface area contributed by atoms with Gasteiger partial charge in [-0.25, -0.2) is 9.67 Å². The molecule has 18 heavy (non-hydrogen) atoms. The van der Waals surface area contributed by atoms with Crippen molar-refractivity contribution in [2.24, 2.45) is 0 Å². The summed E-state index contributed by atoms with van der Waals surface area (Å²) >= 11 is 0. The molecule has 0 aliphatic carbocycles. The average Bonchev–Trinajstić information content (AvgIpc) is 2.85. The smallest absolute Gasteiger partial charge is 0.141 e. The van der Waals surface area contributed by atoms with Crippen LogP contribution in [0.1, 0.15) is 44.2 Å². The fraction of sp³-hybridized carbons (Fsp3) is 0.462. The van der Waals surface area contributed by atoms with Gasteiger partial charge in [-0.15, -0.1) is 0 Å². The van der Waals surface area contributed by atoms with Crippen molar-refractivity contribution in [3.8, 4) is 0 Å². The molecular formula is C13H19N5.